The van der Waals surface area contributed by atoms with Crippen molar-refractivity contribution >= 4 is 21.6 Å². The molecular formula is C12H25BrClNO4. The quantitative estimate of drug-likeness (QED) is 0.437. The fraction of sp³-hybridized carbons (Fsp3) is 0.917. The van der Waals surface area contributed by atoms with Crippen molar-refractivity contribution in [3.05, 3.63) is 0 Å². The first-order chi connectivity index (χ1) is 8.04. The molecule has 0 fully saturated rings. The van der Waals surface area contributed by atoms with Crippen LogP contribution < -0.4 is 23.6 Å². The smallest absolute Gasteiger partial charge is 0.161 e. The molecule has 19 heavy (non-hydrogen) atoms. The summed E-state index contributed by atoms with van der Waals surface area (Å²) in [5.41, 5.74) is 1.94. The molecule has 0 heterocycles. The van der Waals surface area contributed by atoms with Crippen molar-refractivity contribution in [1.29, 1.82) is 0 Å². The summed E-state index contributed by atoms with van der Waals surface area (Å²) >= 11 is 3.73. The van der Waals surface area contributed by atoms with Crippen LogP contribution in [0.15, 0.2) is 0 Å². The summed E-state index contributed by atoms with van der Waals surface area (Å²) in [6.07, 6.45) is 0. The minimum Gasteiger partial charge on any atom is -0.248 e. The third-order valence-electron chi connectivity index (χ3n) is 2.04. The van der Waals surface area contributed by atoms with E-state index in [0.717, 1.165) is 6.54 Å². The number of hydrogen-bond acceptors (Lipinski definition) is 4. The van der Waals surface area contributed by atoms with Crippen LogP contribution in [0.5, 0.6) is 0 Å². The molecule has 1 atom stereocenters. The van der Waals surface area contributed by atoms with E-state index in [9.17, 15) is 0 Å². The number of nitrogens with one attached hydrogen (secondary N) is 1. The van der Waals surface area contributed by atoms with E-state index in [1.807, 2.05) is 0 Å². The minimum absolute atomic E-state index is 0.273. The lowest BCUT2D eigenvalue weighted by molar-refractivity contribution is -2.00. The van der Waals surface area contributed by atoms with Crippen LogP contribution in [-0.2, 0) is 0 Å². The third-order valence-corrected chi connectivity index (χ3v) is 4.10. The maximum Gasteiger partial charge on any atom is 0.161 e. The van der Waals surface area contributed by atoms with E-state index in [4.69, 9.17) is 18.6 Å². The Hall–Kier alpha value is 0.280. The molecule has 7 heteroatoms. The van der Waals surface area contributed by atoms with Gasteiger partial charge in [0.15, 0.2) is 5.71 Å². The highest BCUT2D eigenvalue weighted by atomic mass is 79.9. The molecule has 0 aromatic carbocycles. The van der Waals surface area contributed by atoms with E-state index in [2.05, 4.69) is 69.4 Å². The van der Waals surface area contributed by atoms with Gasteiger partial charge in [0, 0.05) is 12.3 Å². The topological polar surface area (TPSA) is 106 Å². The lowest BCUT2D eigenvalue weighted by atomic mass is 9.89. The average Bonchev–Trinajstić information content (AvgIpc) is 2.07. The van der Waals surface area contributed by atoms with Gasteiger partial charge in [0.1, 0.15) is 6.54 Å². The van der Waals surface area contributed by atoms with Crippen molar-refractivity contribution in [2.24, 2.45) is 10.8 Å². The Morgan fingerprint density at radius 3 is 1.58 bits per heavy atom. The summed E-state index contributed by atoms with van der Waals surface area (Å²) in [7, 11) is -4.94. The predicted octanol–water partition coefficient (Wildman–Crippen LogP) is -2.37. The summed E-state index contributed by atoms with van der Waals surface area (Å²) < 4.78 is 34.0. The molecule has 0 radical (unpaired) electrons. The summed E-state index contributed by atoms with van der Waals surface area (Å²) in [4.78, 5) is 3.93. The molecule has 0 aliphatic rings. The van der Waals surface area contributed by atoms with Gasteiger partial charge in [-0.15, -0.1) is 10.2 Å². The normalized spacial score (nSPS) is 15.7. The van der Waals surface area contributed by atoms with Crippen LogP contribution in [-0.4, -0.2) is 17.1 Å². The van der Waals surface area contributed by atoms with Gasteiger partial charge < -0.3 is 0 Å². The zero-order valence-corrected chi connectivity index (χ0v) is 15.0. The van der Waals surface area contributed by atoms with Crippen LogP contribution in [0, 0.1) is 21.1 Å². The summed E-state index contributed by atoms with van der Waals surface area (Å²) in [5.74, 6) is 0. The Bertz CT molecular complexity index is 284. The number of hydrogen-bond donors (Lipinski definition) is 1. The van der Waals surface area contributed by atoms with Gasteiger partial charge in [-0.25, -0.2) is 23.6 Å². The minimum atomic E-state index is -4.94. The molecule has 0 aromatic rings. The van der Waals surface area contributed by atoms with Gasteiger partial charge in [0.2, 0.25) is 0 Å². The van der Waals surface area contributed by atoms with Crippen molar-refractivity contribution in [3.8, 4) is 0 Å². The van der Waals surface area contributed by atoms with Crippen LogP contribution in [0.25, 0.3) is 0 Å². The van der Waals surface area contributed by atoms with Crippen LogP contribution in [0.2, 0.25) is 0 Å². The molecule has 0 saturated carbocycles. The van der Waals surface area contributed by atoms with E-state index in [-0.39, 0.29) is 5.41 Å². The Morgan fingerprint density at radius 1 is 1.05 bits per heavy atom. The maximum atomic E-state index is 8.49. The van der Waals surface area contributed by atoms with E-state index in [0.29, 0.717) is 10.2 Å². The summed E-state index contributed by atoms with van der Waals surface area (Å²) in [5, 5.41) is 0. The maximum absolute atomic E-state index is 8.49. The van der Waals surface area contributed by atoms with E-state index < -0.39 is 10.2 Å². The molecule has 116 valence electrons. The van der Waals surface area contributed by atoms with Crippen LogP contribution in [0.4, 0.5) is 0 Å². The molecule has 0 spiro atoms. The molecule has 0 saturated heterocycles. The predicted molar refractivity (Wildman–Crippen MR) is 68.1 cm³/mol. The highest BCUT2D eigenvalue weighted by molar-refractivity contribution is 9.10. The van der Waals surface area contributed by atoms with Crippen molar-refractivity contribution in [2.75, 3.05) is 6.54 Å². The Kier molecular flexibility index (Phi) is 8.97. The Morgan fingerprint density at radius 2 is 1.37 bits per heavy atom. The number of alkyl halides is 1. The van der Waals surface area contributed by atoms with Gasteiger partial charge in [-0.05, 0) is 5.41 Å². The van der Waals surface area contributed by atoms with E-state index >= 15 is 0 Å². The molecule has 0 aromatic heterocycles. The van der Waals surface area contributed by atoms with Crippen LogP contribution in [0.1, 0.15) is 48.5 Å². The highest BCUT2D eigenvalue weighted by Gasteiger charge is 2.28. The van der Waals surface area contributed by atoms with Gasteiger partial charge in [0.25, 0.3) is 0 Å². The molecule has 5 nitrogen and oxygen atoms in total. The highest BCUT2D eigenvalue weighted by Crippen LogP contribution is 2.25. The monoisotopic (exact) mass is 361 g/mol. The molecule has 0 aliphatic carbocycles. The summed E-state index contributed by atoms with van der Waals surface area (Å²) in [6, 6.07) is 0. The van der Waals surface area contributed by atoms with Crippen molar-refractivity contribution in [2.45, 2.75) is 53.3 Å². The van der Waals surface area contributed by atoms with E-state index in [1.165, 1.54) is 5.71 Å². The molecular weight excluding hydrogens is 337 g/mol. The number of halogens is 2. The molecule has 0 bridgehead atoms. The van der Waals surface area contributed by atoms with Crippen LogP contribution >= 0.6 is 15.9 Å². The second-order valence-electron chi connectivity index (χ2n) is 6.70. The van der Waals surface area contributed by atoms with Crippen LogP contribution in [0.3, 0.4) is 0 Å². The molecule has 0 amide bonds. The summed E-state index contributed by atoms with van der Waals surface area (Å²) in [6.45, 7) is 16.7. The van der Waals surface area contributed by atoms with Gasteiger partial charge in [-0.3, -0.25) is 0 Å². The lowest BCUT2D eigenvalue weighted by Crippen LogP contribution is -2.77. The fourth-order valence-electron chi connectivity index (χ4n) is 1.14. The van der Waals surface area contributed by atoms with Crippen molar-refractivity contribution in [3.63, 3.8) is 0 Å². The second-order valence-corrected chi connectivity index (χ2v) is 8.38. The Balaban J connectivity index is 0. The van der Waals surface area contributed by atoms with Gasteiger partial charge in [-0.1, -0.05) is 57.5 Å². The number of rotatable bonds is 2. The largest absolute Gasteiger partial charge is 0.248 e. The van der Waals surface area contributed by atoms with E-state index in [1.54, 1.807) is 0 Å². The lowest BCUT2D eigenvalue weighted by Gasteiger charge is -2.23. The van der Waals surface area contributed by atoms with Gasteiger partial charge >= 0.3 is 0 Å². The first-order valence-electron chi connectivity index (χ1n) is 5.87. The zero-order chi connectivity index (χ0) is 16.1. The first-order valence-corrected chi connectivity index (χ1v) is 8.02. The molecule has 0 rings (SSSR count). The van der Waals surface area contributed by atoms with Crippen molar-refractivity contribution < 1.29 is 33.9 Å². The third kappa shape index (κ3) is 18.3. The zero-order valence-electron chi connectivity index (χ0n) is 12.7. The standard InChI is InChI=1S/C12H24BrN.ClHO4/c1-9(10(13)12(5,6)7)14-8-11(2,3)4;2-1(3,4)5/h10H,8H2,1-7H3;(H,2,3,4,5). The fourth-order valence-corrected chi connectivity index (χ4v) is 1.31. The van der Waals surface area contributed by atoms with Crippen molar-refractivity contribution in [1.82, 2.24) is 0 Å². The molecule has 1 N–H and O–H groups in total. The molecule has 0 aliphatic heterocycles. The first kappa shape index (κ1) is 21.6. The Labute approximate surface area is 126 Å². The van der Waals surface area contributed by atoms with Gasteiger partial charge in [-0.2, -0.15) is 0 Å². The SMILES string of the molecule is CC(=[NH+]CC(C)(C)C)C(Br)C(C)(C)C.[O-][Cl+3]([O-])([O-])[O-]. The average molecular weight is 363 g/mol. The van der Waals surface area contributed by atoms with Gasteiger partial charge in [0.05, 0.1) is 4.83 Å². The molecule has 1 unspecified atom stereocenters. The second kappa shape index (κ2) is 7.90.